The number of nitrogens with one attached hydrogen (secondary N) is 3. The van der Waals surface area contributed by atoms with Gasteiger partial charge in [0.05, 0.1) is 24.4 Å². The van der Waals surface area contributed by atoms with Crippen LogP contribution in [0.2, 0.25) is 0 Å². The van der Waals surface area contributed by atoms with Crippen molar-refractivity contribution in [2.45, 2.75) is 0 Å². The lowest BCUT2D eigenvalue weighted by molar-refractivity contribution is 0.102. The van der Waals surface area contributed by atoms with Crippen molar-refractivity contribution in [2.24, 2.45) is 0 Å². The molecule has 9 nitrogen and oxygen atoms in total. The molecule has 9 heteroatoms. The average molecular weight is 447 g/mol. The molecule has 0 unspecified atom stereocenters. The third-order valence-electron chi connectivity index (χ3n) is 4.97. The summed E-state index contributed by atoms with van der Waals surface area (Å²) in [4.78, 5) is 19.5. The van der Waals surface area contributed by atoms with Gasteiger partial charge in [0.1, 0.15) is 12.4 Å². The second-order valence-electron chi connectivity index (χ2n) is 7.67. The maximum atomic E-state index is 13.1. The number of ether oxygens (including phenoxy) is 2. The van der Waals surface area contributed by atoms with Crippen LogP contribution in [-0.4, -0.2) is 60.3 Å². The van der Waals surface area contributed by atoms with Crippen LogP contribution >= 0.6 is 0 Å². The maximum Gasteiger partial charge on any atom is 0.259 e. The Morgan fingerprint density at radius 2 is 1.94 bits per heavy atom. The Hall–Kier alpha value is -4.11. The first-order chi connectivity index (χ1) is 16.0. The zero-order valence-corrected chi connectivity index (χ0v) is 18.8. The van der Waals surface area contributed by atoms with E-state index in [-0.39, 0.29) is 5.91 Å². The molecule has 0 fully saturated rings. The smallest absolute Gasteiger partial charge is 0.259 e. The van der Waals surface area contributed by atoms with Gasteiger partial charge in [-0.1, -0.05) is 0 Å². The number of anilines is 3. The number of methoxy groups -OCH3 is 1. The Labute approximate surface area is 191 Å². The molecular formula is C24H26N6O3. The molecule has 33 heavy (non-hydrogen) atoms. The fraction of sp³-hybridized carbons (Fsp3) is 0.208. The number of aromatic amines is 1. The van der Waals surface area contributed by atoms with E-state index in [1.165, 1.54) is 0 Å². The number of fused-ring (bicyclic) bond motifs is 1. The van der Waals surface area contributed by atoms with Crippen molar-refractivity contribution in [3.8, 4) is 11.5 Å². The van der Waals surface area contributed by atoms with Gasteiger partial charge < -0.3 is 25.0 Å². The van der Waals surface area contributed by atoms with Gasteiger partial charge in [0.2, 0.25) is 0 Å². The predicted molar refractivity (Wildman–Crippen MR) is 129 cm³/mol. The summed E-state index contributed by atoms with van der Waals surface area (Å²) in [6.45, 7) is 1.26. The van der Waals surface area contributed by atoms with Crippen LogP contribution in [0.15, 0.2) is 60.9 Å². The molecule has 0 aliphatic heterocycles. The van der Waals surface area contributed by atoms with Crippen LogP contribution < -0.4 is 20.1 Å². The van der Waals surface area contributed by atoms with Crippen molar-refractivity contribution in [1.82, 2.24) is 20.1 Å². The molecule has 0 aliphatic carbocycles. The third-order valence-corrected chi connectivity index (χ3v) is 4.97. The molecule has 0 saturated carbocycles. The Kier molecular flexibility index (Phi) is 6.70. The fourth-order valence-corrected chi connectivity index (χ4v) is 3.24. The van der Waals surface area contributed by atoms with E-state index in [0.29, 0.717) is 35.2 Å². The topological polar surface area (TPSA) is 104 Å². The molecule has 0 saturated heterocycles. The number of carbonyl (C=O) groups is 1. The monoisotopic (exact) mass is 446 g/mol. The maximum absolute atomic E-state index is 13.1. The number of pyridine rings is 1. The molecule has 2 heterocycles. The molecule has 2 aromatic heterocycles. The second kappa shape index (κ2) is 10.0. The van der Waals surface area contributed by atoms with E-state index < -0.39 is 0 Å². The molecule has 3 N–H and O–H groups in total. The van der Waals surface area contributed by atoms with E-state index in [4.69, 9.17) is 9.47 Å². The summed E-state index contributed by atoms with van der Waals surface area (Å²) in [6, 6.07) is 14.5. The molecule has 0 spiro atoms. The number of hydrogen-bond acceptors (Lipinski definition) is 7. The Bertz CT molecular complexity index is 1250. The van der Waals surface area contributed by atoms with Crippen LogP contribution in [0.3, 0.4) is 0 Å². The molecule has 4 rings (SSSR count). The van der Waals surface area contributed by atoms with Gasteiger partial charge in [0.15, 0.2) is 11.5 Å². The number of nitrogens with zero attached hydrogens (tertiary/aromatic N) is 3. The lowest BCUT2D eigenvalue weighted by atomic mass is 10.2. The van der Waals surface area contributed by atoms with Crippen molar-refractivity contribution >= 4 is 34.0 Å². The number of amides is 1. The highest BCUT2D eigenvalue weighted by Gasteiger charge is 2.15. The highest BCUT2D eigenvalue weighted by Crippen LogP contribution is 2.31. The van der Waals surface area contributed by atoms with Gasteiger partial charge >= 0.3 is 0 Å². The number of rotatable bonds is 9. The summed E-state index contributed by atoms with van der Waals surface area (Å²) in [6.07, 6.45) is 3.39. The molecule has 170 valence electrons. The molecule has 0 bridgehead atoms. The van der Waals surface area contributed by atoms with E-state index in [0.717, 1.165) is 23.1 Å². The zero-order chi connectivity index (χ0) is 23.2. The predicted octanol–water partition coefficient (Wildman–Crippen LogP) is 3.90. The molecule has 4 aromatic rings. The summed E-state index contributed by atoms with van der Waals surface area (Å²) in [5.74, 6) is 1.32. The normalized spacial score (nSPS) is 10.9. The quantitative estimate of drug-likeness (QED) is 0.358. The van der Waals surface area contributed by atoms with Crippen LogP contribution in [-0.2, 0) is 0 Å². The molecule has 0 radical (unpaired) electrons. The van der Waals surface area contributed by atoms with Crippen LogP contribution in [0.1, 0.15) is 10.4 Å². The highest BCUT2D eigenvalue weighted by molar-refractivity contribution is 6.08. The first-order valence-corrected chi connectivity index (χ1v) is 10.5. The third kappa shape index (κ3) is 5.39. The molecular weight excluding hydrogens is 420 g/mol. The number of carbonyl (C=O) groups excluding carboxylic acids is 1. The van der Waals surface area contributed by atoms with E-state index in [1.807, 2.05) is 37.2 Å². The van der Waals surface area contributed by atoms with Crippen molar-refractivity contribution < 1.29 is 14.3 Å². The SMILES string of the molecule is COc1ccc(NC(=O)c2cccnc2Nc2ccc3cn[nH]c3c2)cc1OCCN(C)C. The fourth-order valence-electron chi connectivity index (χ4n) is 3.24. The van der Waals surface area contributed by atoms with Gasteiger partial charge in [-0.25, -0.2) is 4.98 Å². The van der Waals surface area contributed by atoms with Gasteiger partial charge in [-0.2, -0.15) is 5.10 Å². The molecule has 2 aromatic carbocycles. The zero-order valence-electron chi connectivity index (χ0n) is 18.8. The number of benzene rings is 2. The second-order valence-corrected chi connectivity index (χ2v) is 7.67. The van der Waals surface area contributed by atoms with Gasteiger partial charge in [0, 0.05) is 35.6 Å². The van der Waals surface area contributed by atoms with Crippen molar-refractivity contribution in [3.63, 3.8) is 0 Å². The van der Waals surface area contributed by atoms with E-state index in [2.05, 4.69) is 25.8 Å². The minimum Gasteiger partial charge on any atom is -0.493 e. The van der Waals surface area contributed by atoms with Crippen LogP contribution in [0, 0.1) is 0 Å². The van der Waals surface area contributed by atoms with Crippen molar-refractivity contribution in [1.29, 1.82) is 0 Å². The highest BCUT2D eigenvalue weighted by atomic mass is 16.5. The minimum atomic E-state index is -0.294. The largest absolute Gasteiger partial charge is 0.493 e. The average Bonchev–Trinajstić information content (AvgIpc) is 3.27. The summed E-state index contributed by atoms with van der Waals surface area (Å²) in [7, 11) is 5.54. The Morgan fingerprint density at radius 3 is 2.76 bits per heavy atom. The Balaban J connectivity index is 1.51. The van der Waals surface area contributed by atoms with Gasteiger partial charge in [-0.15, -0.1) is 0 Å². The van der Waals surface area contributed by atoms with Crippen LogP contribution in [0.4, 0.5) is 17.2 Å². The van der Waals surface area contributed by atoms with E-state index in [1.54, 1.807) is 49.8 Å². The van der Waals surface area contributed by atoms with Gasteiger partial charge in [-0.05, 0) is 56.6 Å². The standard InChI is InChI=1S/C24H26N6O3/c1-30(2)11-12-33-22-14-18(8-9-21(22)32-3)28-24(31)19-5-4-10-25-23(19)27-17-7-6-16-15-26-29-20(16)13-17/h4-10,13-15H,11-12H2,1-3H3,(H,25,27)(H,26,29)(H,28,31). The summed E-state index contributed by atoms with van der Waals surface area (Å²) < 4.78 is 11.2. The van der Waals surface area contributed by atoms with Crippen LogP contribution in [0.25, 0.3) is 10.9 Å². The number of aromatic nitrogens is 3. The number of likely N-dealkylation sites (N-methyl/N-ethyl adjacent to an activating group) is 1. The molecule has 1 amide bonds. The van der Waals surface area contributed by atoms with Gasteiger partial charge in [-0.3, -0.25) is 9.89 Å². The van der Waals surface area contributed by atoms with Gasteiger partial charge in [0.25, 0.3) is 5.91 Å². The van der Waals surface area contributed by atoms with Crippen LogP contribution in [0.5, 0.6) is 11.5 Å². The summed E-state index contributed by atoms with van der Waals surface area (Å²) in [5.41, 5.74) is 2.69. The lowest BCUT2D eigenvalue weighted by Crippen LogP contribution is -2.19. The van der Waals surface area contributed by atoms with E-state index in [9.17, 15) is 4.79 Å². The van der Waals surface area contributed by atoms with Crippen molar-refractivity contribution in [3.05, 3.63) is 66.5 Å². The lowest BCUT2D eigenvalue weighted by Gasteiger charge is -2.15. The molecule has 0 aliphatic rings. The summed E-state index contributed by atoms with van der Waals surface area (Å²) >= 11 is 0. The first-order valence-electron chi connectivity index (χ1n) is 10.5. The van der Waals surface area contributed by atoms with E-state index >= 15 is 0 Å². The molecule has 0 atom stereocenters. The minimum absolute atomic E-state index is 0.294. The number of hydrogen-bond donors (Lipinski definition) is 3. The summed E-state index contributed by atoms with van der Waals surface area (Å²) in [5, 5.41) is 14.1. The van der Waals surface area contributed by atoms with Crippen molar-refractivity contribution in [2.75, 3.05) is 45.0 Å². The Morgan fingerprint density at radius 1 is 1.09 bits per heavy atom. The number of H-pyrrole nitrogens is 1. The first kappa shape index (κ1) is 22.1.